The SMILES string of the molecule is CCc1cccc(C)c1NC(=O)Cn1cccc(S(=O)(=O)N2CCCCCC2)c1=O. The van der Waals surface area contributed by atoms with Crippen molar-refractivity contribution < 1.29 is 13.2 Å². The standard InChI is InChI=1S/C22H29N3O4S/c1-3-18-11-8-10-17(2)21(18)23-20(26)16-24-13-9-12-19(22(24)27)30(28,29)25-14-6-4-5-7-15-25/h8-13H,3-7,14-16H2,1-2H3,(H,23,26). The van der Waals surface area contributed by atoms with Crippen LogP contribution in [0, 0.1) is 6.92 Å². The number of rotatable bonds is 6. The Morgan fingerprint density at radius 3 is 2.43 bits per heavy atom. The van der Waals surface area contributed by atoms with E-state index in [1.54, 1.807) is 0 Å². The molecule has 1 aromatic carbocycles. The average Bonchev–Trinajstić information content (AvgIpc) is 3.01. The Bertz CT molecular complexity index is 1070. The number of amides is 1. The van der Waals surface area contributed by atoms with Crippen molar-refractivity contribution in [3.8, 4) is 0 Å². The van der Waals surface area contributed by atoms with E-state index in [0.29, 0.717) is 13.1 Å². The quantitative estimate of drug-likeness (QED) is 0.762. The fraction of sp³-hybridized carbons (Fsp3) is 0.455. The van der Waals surface area contributed by atoms with Crippen molar-refractivity contribution in [2.45, 2.75) is 57.4 Å². The van der Waals surface area contributed by atoms with Gasteiger partial charge in [0.15, 0.2) is 0 Å². The third-order valence-corrected chi connectivity index (χ3v) is 7.40. The number of pyridine rings is 1. The molecule has 1 N–H and O–H groups in total. The predicted molar refractivity (Wildman–Crippen MR) is 117 cm³/mol. The van der Waals surface area contributed by atoms with Gasteiger partial charge < -0.3 is 9.88 Å². The van der Waals surface area contributed by atoms with Gasteiger partial charge >= 0.3 is 0 Å². The molecule has 0 saturated carbocycles. The number of benzene rings is 1. The van der Waals surface area contributed by atoms with Crippen LogP contribution >= 0.6 is 0 Å². The van der Waals surface area contributed by atoms with Gasteiger partial charge in [-0.15, -0.1) is 0 Å². The van der Waals surface area contributed by atoms with Gasteiger partial charge in [-0.2, -0.15) is 4.31 Å². The topological polar surface area (TPSA) is 88.5 Å². The first kappa shape index (κ1) is 22.2. The van der Waals surface area contributed by atoms with Crippen molar-refractivity contribution in [3.63, 3.8) is 0 Å². The fourth-order valence-corrected chi connectivity index (χ4v) is 5.40. The second kappa shape index (κ2) is 9.57. The van der Waals surface area contributed by atoms with Gasteiger partial charge in [0, 0.05) is 25.0 Å². The molecular formula is C22H29N3O4S. The van der Waals surface area contributed by atoms with Crippen molar-refractivity contribution in [1.82, 2.24) is 8.87 Å². The van der Waals surface area contributed by atoms with E-state index in [1.807, 2.05) is 32.0 Å². The van der Waals surface area contributed by atoms with Crippen LogP contribution in [0.2, 0.25) is 0 Å². The maximum atomic E-state index is 13.0. The lowest BCUT2D eigenvalue weighted by atomic mass is 10.1. The molecule has 8 heteroatoms. The molecule has 1 aliphatic rings. The van der Waals surface area contributed by atoms with Crippen molar-refractivity contribution in [3.05, 3.63) is 58.0 Å². The summed E-state index contributed by atoms with van der Waals surface area (Å²) in [5.74, 6) is -0.370. The summed E-state index contributed by atoms with van der Waals surface area (Å²) in [6.45, 7) is 4.51. The minimum Gasteiger partial charge on any atom is -0.324 e. The van der Waals surface area contributed by atoms with E-state index in [2.05, 4.69) is 5.32 Å². The van der Waals surface area contributed by atoms with Crippen molar-refractivity contribution in [2.24, 2.45) is 0 Å². The molecule has 7 nitrogen and oxygen atoms in total. The Kier molecular flexibility index (Phi) is 7.10. The van der Waals surface area contributed by atoms with E-state index in [9.17, 15) is 18.0 Å². The first-order chi connectivity index (χ1) is 14.3. The molecule has 0 spiro atoms. The van der Waals surface area contributed by atoms with E-state index in [1.165, 1.54) is 22.6 Å². The maximum Gasteiger partial charge on any atom is 0.271 e. The number of aromatic nitrogens is 1. The smallest absolute Gasteiger partial charge is 0.271 e. The number of sulfonamides is 1. The van der Waals surface area contributed by atoms with Crippen LogP contribution in [0.5, 0.6) is 0 Å². The number of para-hydroxylation sites is 1. The molecule has 0 radical (unpaired) electrons. The van der Waals surface area contributed by atoms with Crippen LogP contribution in [0.4, 0.5) is 5.69 Å². The third-order valence-electron chi connectivity index (χ3n) is 5.49. The molecule has 162 valence electrons. The number of carbonyl (C=O) groups excluding carboxylic acids is 1. The zero-order valence-corrected chi connectivity index (χ0v) is 18.4. The average molecular weight is 432 g/mol. The lowest BCUT2D eigenvalue weighted by Crippen LogP contribution is -2.37. The molecule has 2 aromatic rings. The maximum absolute atomic E-state index is 13.0. The Morgan fingerprint density at radius 1 is 1.07 bits per heavy atom. The van der Waals surface area contributed by atoms with Crippen LogP contribution in [0.25, 0.3) is 0 Å². The van der Waals surface area contributed by atoms with Crippen LogP contribution in [0.3, 0.4) is 0 Å². The molecule has 2 heterocycles. The Balaban J connectivity index is 1.83. The van der Waals surface area contributed by atoms with Crippen LogP contribution in [-0.2, 0) is 27.8 Å². The first-order valence-corrected chi connectivity index (χ1v) is 11.9. The summed E-state index contributed by atoms with van der Waals surface area (Å²) in [6.07, 6.45) is 5.77. The number of aryl methyl sites for hydroxylation is 2. The Hall–Kier alpha value is -2.45. The van der Waals surface area contributed by atoms with Crippen LogP contribution in [0.1, 0.15) is 43.7 Å². The summed E-state index contributed by atoms with van der Waals surface area (Å²) in [5, 5.41) is 2.88. The number of anilines is 1. The number of nitrogens with one attached hydrogen (secondary N) is 1. The minimum absolute atomic E-state index is 0.250. The van der Waals surface area contributed by atoms with Crippen LogP contribution in [-0.4, -0.2) is 36.3 Å². The fourth-order valence-electron chi connectivity index (χ4n) is 3.79. The summed E-state index contributed by atoms with van der Waals surface area (Å²) in [4.78, 5) is 25.3. The van der Waals surface area contributed by atoms with Crippen LogP contribution < -0.4 is 10.9 Å². The largest absolute Gasteiger partial charge is 0.324 e. The monoisotopic (exact) mass is 431 g/mol. The van der Waals surface area contributed by atoms with Gasteiger partial charge in [0.25, 0.3) is 5.56 Å². The lowest BCUT2D eigenvalue weighted by Gasteiger charge is -2.20. The number of nitrogens with zero attached hydrogens (tertiary/aromatic N) is 2. The molecule has 1 amide bonds. The molecule has 1 aromatic heterocycles. The minimum atomic E-state index is -3.88. The van der Waals surface area contributed by atoms with E-state index >= 15 is 0 Å². The zero-order chi connectivity index (χ0) is 21.7. The highest BCUT2D eigenvalue weighted by Crippen LogP contribution is 2.21. The molecule has 0 bridgehead atoms. The Morgan fingerprint density at radius 2 is 1.77 bits per heavy atom. The second-order valence-electron chi connectivity index (χ2n) is 7.63. The van der Waals surface area contributed by atoms with Crippen LogP contribution in [0.15, 0.2) is 46.2 Å². The van der Waals surface area contributed by atoms with Gasteiger partial charge in [-0.1, -0.05) is 38.0 Å². The van der Waals surface area contributed by atoms with Gasteiger partial charge in [-0.25, -0.2) is 8.42 Å². The molecule has 0 unspecified atom stereocenters. The van der Waals surface area contributed by atoms with Gasteiger partial charge in [0.2, 0.25) is 15.9 Å². The van der Waals surface area contributed by atoms with E-state index < -0.39 is 15.6 Å². The summed E-state index contributed by atoms with van der Waals surface area (Å²) in [6, 6.07) is 8.63. The zero-order valence-electron chi connectivity index (χ0n) is 17.6. The molecule has 1 fully saturated rings. The lowest BCUT2D eigenvalue weighted by molar-refractivity contribution is -0.116. The van der Waals surface area contributed by atoms with E-state index in [0.717, 1.165) is 53.5 Å². The molecule has 1 saturated heterocycles. The predicted octanol–water partition coefficient (Wildman–Crippen LogP) is 2.92. The highest BCUT2D eigenvalue weighted by atomic mass is 32.2. The normalized spacial score (nSPS) is 15.5. The molecule has 0 aliphatic carbocycles. The van der Waals surface area contributed by atoms with Gasteiger partial charge in [0.1, 0.15) is 11.4 Å². The van der Waals surface area contributed by atoms with Gasteiger partial charge in [0.05, 0.1) is 0 Å². The summed E-state index contributed by atoms with van der Waals surface area (Å²) < 4.78 is 28.6. The molecule has 0 atom stereocenters. The third kappa shape index (κ3) is 4.82. The summed E-state index contributed by atoms with van der Waals surface area (Å²) >= 11 is 0. The molecular weight excluding hydrogens is 402 g/mol. The molecule has 3 rings (SSSR count). The second-order valence-corrected chi connectivity index (χ2v) is 9.54. The van der Waals surface area contributed by atoms with Crippen molar-refractivity contribution >= 4 is 21.6 Å². The summed E-state index contributed by atoms with van der Waals surface area (Å²) in [7, 11) is -3.88. The first-order valence-electron chi connectivity index (χ1n) is 10.4. The number of hydrogen-bond acceptors (Lipinski definition) is 4. The van der Waals surface area contributed by atoms with E-state index in [4.69, 9.17) is 0 Å². The van der Waals surface area contributed by atoms with E-state index in [-0.39, 0.29) is 17.3 Å². The van der Waals surface area contributed by atoms with Crippen molar-refractivity contribution in [2.75, 3.05) is 18.4 Å². The number of hydrogen-bond donors (Lipinski definition) is 1. The Labute approximate surface area is 177 Å². The van der Waals surface area contributed by atoms with Gasteiger partial charge in [-0.3, -0.25) is 9.59 Å². The number of carbonyl (C=O) groups is 1. The van der Waals surface area contributed by atoms with Crippen molar-refractivity contribution in [1.29, 1.82) is 0 Å². The summed E-state index contributed by atoms with van der Waals surface area (Å²) in [5.41, 5.74) is 2.02. The highest BCUT2D eigenvalue weighted by molar-refractivity contribution is 7.89. The van der Waals surface area contributed by atoms with Gasteiger partial charge in [-0.05, 0) is 49.4 Å². The molecule has 1 aliphatic heterocycles. The molecule has 30 heavy (non-hydrogen) atoms. The highest BCUT2D eigenvalue weighted by Gasteiger charge is 2.28.